The van der Waals surface area contributed by atoms with Crippen LogP contribution in [0, 0.1) is 0 Å². The zero-order valence-electron chi connectivity index (χ0n) is 40.3. The first-order chi connectivity index (χ1) is 35.5. The zero-order chi connectivity index (χ0) is 47.8. The van der Waals surface area contributed by atoms with Gasteiger partial charge in [-0.3, -0.25) is 0 Å². The van der Waals surface area contributed by atoms with E-state index in [2.05, 4.69) is 280 Å². The first kappa shape index (κ1) is 41.0. The molecule has 0 N–H and O–H groups in total. The smallest absolute Gasteiger partial charge is 0.0720 e. The van der Waals surface area contributed by atoms with Crippen molar-refractivity contribution in [2.75, 3.05) is 4.90 Å². The summed E-state index contributed by atoms with van der Waals surface area (Å²) < 4.78 is 0. The van der Waals surface area contributed by atoms with Crippen molar-refractivity contribution in [1.29, 1.82) is 0 Å². The van der Waals surface area contributed by atoms with E-state index in [-0.39, 0.29) is 5.41 Å². The maximum absolute atomic E-state index is 2.56. The molecule has 11 aromatic rings. The van der Waals surface area contributed by atoms with Crippen LogP contribution < -0.4 is 4.90 Å². The van der Waals surface area contributed by atoms with Crippen molar-refractivity contribution >= 4 is 17.1 Å². The molecule has 0 radical (unpaired) electrons. The Morgan fingerprint density at radius 3 is 1.18 bits per heavy atom. The van der Waals surface area contributed by atoms with Gasteiger partial charge in [-0.05, 0) is 142 Å². The molecule has 0 aliphatic heterocycles. The normalized spacial score (nSPS) is 14.9. The molecule has 1 heteroatoms. The topological polar surface area (TPSA) is 3.24 Å². The second-order valence-electron chi connectivity index (χ2n) is 20.7. The minimum atomic E-state index is -0.550. The van der Waals surface area contributed by atoms with Crippen molar-refractivity contribution in [2.24, 2.45) is 0 Å². The Balaban J connectivity index is 0.951. The number of rotatable bonds is 5. The summed E-state index contributed by atoms with van der Waals surface area (Å²) in [6.45, 7) is 4.74. The molecule has 0 atom stereocenters. The molecule has 1 nitrogen and oxygen atoms in total. The number of hydrogen-bond donors (Lipinski definition) is 0. The number of nitrogens with zero attached hydrogens (tertiary/aromatic N) is 1. The Kier molecular flexibility index (Phi) is 8.62. The molecule has 11 aromatic carbocycles. The van der Waals surface area contributed by atoms with Crippen molar-refractivity contribution in [3.8, 4) is 55.6 Å². The monoisotopic (exact) mass is 915 g/mol. The number of benzene rings is 11. The summed E-state index contributed by atoms with van der Waals surface area (Å²) in [6.07, 6.45) is 0. The van der Waals surface area contributed by atoms with Gasteiger partial charge < -0.3 is 4.90 Å². The second-order valence-corrected chi connectivity index (χ2v) is 20.7. The van der Waals surface area contributed by atoms with E-state index in [4.69, 9.17) is 0 Å². The van der Waals surface area contributed by atoms with Gasteiger partial charge in [-0.2, -0.15) is 0 Å². The van der Waals surface area contributed by atoms with Crippen LogP contribution in [-0.2, 0) is 16.2 Å². The molecule has 0 saturated carbocycles. The van der Waals surface area contributed by atoms with Crippen molar-refractivity contribution in [3.05, 3.63) is 316 Å². The van der Waals surface area contributed by atoms with E-state index >= 15 is 0 Å². The van der Waals surface area contributed by atoms with Crippen LogP contribution in [-0.4, -0.2) is 0 Å². The average molecular weight is 916 g/mol. The molecular formula is C71H49N. The minimum absolute atomic E-state index is 0.137. The van der Waals surface area contributed by atoms with Gasteiger partial charge in [0.2, 0.25) is 0 Å². The van der Waals surface area contributed by atoms with Crippen molar-refractivity contribution < 1.29 is 0 Å². The van der Waals surface area contributed by atoms with Gasteiger partial charge in [-0.25, -0.2) is 0 Å². The highest BCUT2D eigenvalue weighted by Crippen LogP contribution is 2.67. The van der Waals surface area contributed by atoms with E-state index in [1.165, 1.54) is 111 Å². The average Bonchev–Trinajstić information content (AvgIpc) is 4.01. The fourth-order valence-corrected chi connectivity index (χ4v) is 14.0. The molecule has 0 heterocycles. The third-order valence-electron chi connectivity index (χ3n) is 17.0. The van der Waals surface area contributed by atoms with Crippen LogP contribution in [0.2, 0.25) is 0 Å². The largest absolute Gasteiger partial charge is 0.310 e. The van der Waals surface area contributed by atoms with Crippen LogP contribution in [0.4, 0.5) is 17.1 Å². The molecule has 0 aromatic heterocycles. The van der Waals surface area contributed by atoms with E-state index in [0.717, 1.165) is 17.1 Å². The van der Waals surface area contributed by atoms with Crippen LogP contribution in [0.3, 0.4) is 0 Å². The zero-order valence-corrected chi connectivity index (χ0v) is 40.3. The summed E-state index contributed by atoms with van der Waals surface area (Å²) in [6, 6.07) is 98.6. The minimum Gasteiger partial charge on any atom is -0.310 e. The Labute approximate surface area is 422 Å². The predicted molar refractivity (Wildman–Crippen MR) is 298 cm³/mol. The van der Waals surface area contributed by atoms with E-state index in [9.17, 15) is 0 Å². The van der Waals surface area contributed by atoms with Gasteiger partial charge in [-0.1, -0.05) is 238 Å². The van der Waals surface area contributed by atoms with Crippen LogP contribution in [0.25, 0.3) is 55.6 Å². The van der Waals surface area contributed by atoms with Gasteiger partial charge in [0.1, 0.15) is 0 Å². The Hall–Kier alpha value is -8.78. The predicted octanol–water partition coefficient (Wildman–Crippen LogP) is 17.8. The van der Waals surface area contributed by atoms with E-state index < -0.39 is 10.8 Å². The molecule has 0 bridgehead atoms. The first-order valence-corrected chi connectivity index (χ1v) is 25.4. The molecule has 15 rings (SSSR count). The van der Waals surface area contributed by atoms with E-state index in [0.29, 0.717) is 0 Å². The molecule has 0 saturated heterocycles. The third kappa shape index (κ3) is 5.32. The number of fused-ring (bicyclic) bond motifs is 19. The highest BCUT2D eigenvalue weighted by atomic mass is 15.1. The Morgan fingerprint density at radius 2 is 0.625 bits per heavy atom. The van der Waals surface area contributed by atoms with Crippen molar-refractivity contribution in [2.45, 2.75) is 30.1 Å². The molecule has 72 heavy (non-hydrogen) atoms. The van der Waals surface area contributed by atoms with E-state index in [1.54, 1.807) is 0 Å². The van der Waals surface area contributed by atoms with Gasteiger partial charge in [0.05, 0.1) is 16.5 Å². The maximum Gasteiger partial charge on any atom is 0.0720 e. The molecule has 0 amide bonds. The van der Waals surface area contributed by atoms with Gasteiger partial charge in [0.25, 0.3) is 0 Å². The molecule has 2 spiro atoms. The number of hydrogen-bond acceptors (Lipinski definition) is 1. The molecule has 0 unspecified atom stereocenters. The summed E-state index contributed by atoms with van der Waals surface area (Å²) in [4.78, 5) is 2.47. The van der Waals surface area contributed by atoms with Crippen molar-refractivity contribution in [1.82, 2.24) is 0 Å². The van der Waals surface area contributed by atoms with Gasteiger partial charge in [0.15, 0.2) is 0 Å². The quantitative estimate of drug-likeness (QED) is 0.166. The standard InChI is InChI=1S/C71H49N/c1-69(2)58-28-12-6-23-52(58)57-42-41-50(45-66(57)69)72(68-35-19-11-22-51(68)47-20-4-3-5-21-47)49-39-36-46(37-40-49)48-38-43-65-67(44-48)71(61-31-15-9-26-55(61)56-27-10-16-32-62(56)71)64-34-18-17-33-63(64)70(65)59-29-13-7-24-53(59)54-25-8-14-30-60(54)70/h3-45H,1-2H3. The van der Waals surface area contributed by atoms with Gasteiger partial charge in [0, 0.05) is 22.4 Å². The third-order valence-corrected chi connectivity index (χ3v) is 17.0. The van der Waals surface area contributed by atoms with Gasteiger partial charge in [-0.15, -0.1) is 0 Å². The fourth-order valence-electron chi connectivity index (χ4n) is 14.0. The molecule has 4 aliphatic rings. The van der Waals surface area contributed by atoms with Gasteiger partial charge >= 0.3 is 0 Å². The lowest BCUT2D eigenvalue weighted by molar-refractivity contribution is 0.633. The number of para-hydroxylation sites is 1. The number of anilines is 3. The van der Waals surface area contributed by atoms with Crippen molar-refractivity contribution in [3.63, 3.8) is 0 Å². The molecule has 4 aliphatic carbocycles. The second kappa shape index (κ2) is 15.1. The summed E-state index contributed by atoms with van der Waals surface area (Å²) in [5, 5.41) is 0. The maximum atomic E-state index is 2.56. The summed E-state index contributed by atoms with van der Waals surface area (Å²) >= 11 is 0. The molecule has 338 valence electrons. The van der Waals surface area contributed by atoms with Crippen LogP contribution in [0.1, 0.15) is 69.5 Å². The summed E-state index contributed by atoms with van der Waals surface area (Å²) in [5.41, 5.74) is 28.3. The first-order valence-electron chi connectivity index (χ1n) is 25.4. The van der Waals surface area contributed by atoms with E-state index in [1.807, 2.05) is 0 Å². The van der Waals surface area contributed by atoms with Crippen LogP contribution in [0.5, 0.6) is 0 Å². The lowest BCUT2D eigenvalue weighted by Gasteiger charge is -2.49. The highest BCUT2D eigenvalue weighted by molar-refractivity contribution is 5.95. The highest BCUT2D eigenvalue weighted by Gasteiger charge is 2.59. The summed E-state index contributed by atoms with van der Waals surface area (Å²) in [7, 11) is 0. The lowest BCUT2D eigenvalue weighted by Crippen LogP contribution is -2.43. The lowest BCUT2D eigenvalue weighted by atomic mass is 9.52. The van der Waals surface area contributed by atoms with Crippen LogP contribution in [0.15, 0.2) is 261 Å². The summed E-state index contributed by atoms with van der Waals surface area (Å²) in [5.74, 6) is 0. The molecule has 0 fully saturated rings. The fraction of sp³-hybridized carbons (Fsp3) is 0.0704. The Bertz CT molecular complexity index is 3930. The SMILES string of the molecule is CC1(C)c2ccccc2-c2ccc(N(c3ccc(-c4ccc5c(c4)C4(c6ccccc6-c6ccccc64)c4ccccc4C54c5ccccc5-c5ccccc54)cc3)c3ccccc3-c3ccccc3)cc21. The molecular weight excluding hydrogens is 867 g/mol. The van der Waals surface area contributed by atoms with Crippen LogP contribution >= 0.6 is 0 Å². The Morgan fingerprint density at radius 1 is 0.236 bits per heavy atom.